The number of aromatic nitrogens is 1. The van der Waals surface area contributed by atoms with Crippen LogP contribution in [0, 0.1) is 18.8 Å². The summed E-state index contributed by atoms with van der Waals surface area (Å²) in [7, 11) is 6.78. The fourth-order valence-electron chi connectivity index (χ4n) is 12.0. The van der Waals surface area contributed by atoms with E-state index in [1.54, 1.807) is 14.2 Å². The minimum absolute atomic E-state index is 0.0931. The van der Waals surface area contributed by atoms with Crippen LogP contribution < -0.4 is 20.7 Å². The fraction of sp³-hybridized carbons (Fsp3) is 0.672. The molecule has 2 aromatic carbocycles. The van der Waals surface area contributed by atoms with Gasteiger partial charge >= 0.3 is 12.1 Å². The standard InChI is InChI=1S/C25H37N3O3.C21H26N2O2.C7H15NO2.4C2H6/c1-7-23(3,4)31-20-16-9-8-11-28-12-10-24(21(16)28)17-13-15(2)19(30-6)14-18(17)27(5)25(24,26)22(20)29;1-3-14-10-15-11-18(21(24)25-2)20-17(8-9-23(12-14)13-15)16-6-4-5-7-19(16)22-20;1-3-4-5-6-10-7(9)8-2;4*1-2/h8-9,13-14,16,20-22,29H,7,10-12,26H2,1-6H3;4-7,10,15,18,22H,3,8-9,11-13H2,1-2H3;3-6H2,1-2H3,(H,8,9);4*1-2H3. The largest absolute Gasteiger partial charge is 0.496 e. The van der Waals surface area contributed by atoms with Crippen LogP contribution in [0.15, 0.2) is 60.2 Å². The maximum Gasteiger partial charge on any atom is 0.406 e. The van der Waals surface area contributed by atoms with Crippen LogP contribution in [0.5, 0.6) is 5.75 Å². The molecule has 13 nitrogen and oxygen atoms in total. The number of amides is 1. The molecular formula is C61H102N6O7. The van der Waals surface area contributed by atoms with E-state index in [-0.39, 0.29) is 47.1 Å². The van der Waals surface area contributed by atoms with Crippen LogP contribution in [0.25, 0.3) is 10.9 Å². The number of aryl methyl sites for hydroxylation is 1. The number of benzene rings is 2. The Bertz CT molecular complexity index is 2260. The molecule has 1 saturated carbocycles. The van der Waals surface area contributed by atoms with Crippen LogP contribution in [0.4, 0.5) is 10.5 Å². The second-order valence-corrected chi connectivity index (χ2v) is 19.9. The second kappa shape index (κ2) is 29.8. The molecule has 5 N–H and O–H groups in total. The van der Waals surface area contributed by atoms with Gasteiger partial charge in [0.2, 0.25) is 0 Å². The number of carbonyl (C=O) groups excluding carboxylic acids is 2. The molecule has 1 aliphatic carbocycles. The lowest BCUT2D eigenvalue weighted by atomic mass is 9.55. The van der Waals surface area contributed by atoms with E-state index in [1.807, 2.05) is 68.5 Å². The first-order valence-corrected chi connectivity index (χ1v) is 28.5. The van der Waals surface area contributed by atoms with E-state index in [2.05, 4.69) is 115 Å². The molecule has 1 amide bonds. The van der Waals surface area contributed by atoms with Crippen LogP contribution >= 0.6 is 0 Å². The minimum atomic E-state index is -0.955. The number of anilines is 1. The van der Waals surface area contributed by atoms with Gasteiger partial charge in [-0.2, -0.15) is 0 Å². The zero-order valence-electron chi connectivity index (χ0n) is 49.4. The number of aliphatic hydroxyl groups is 1. The van der Waals surface area contributed by atoms with Crippen molar-refractivity contribution in [2.75, 3.05) is 72.5 Å². The minimum Gasteiger partial charge on any atom is -0.496 e. The van der Waals surface area contributed by atoms with Crippen molar-refractivity contribution in [2.45, 2.75) is 189 Å². The molecule has 0 radical (unpaired) electrons. The molecule has 1 aromatic heterocycles. The van der Waals surface area contributed by atoms with Crippen molar-refractivity contribution in [1.29, 1.82) is 0 Å². The lowest BCUT2D eigenvalue weighted by Gasteiger charge is -2.61. The molecule has 2 fully saturated rings. The number of hydrogen-bond donors (Lipinski definition) is 4. The van der Waals surface area contributed by atoms with E-state index in [4.69, 9.17) is 24.7 Å². The molecule has 2 bridgehead atoms. The number of unbranched alkanes of at least 4 members (excludes halogenated alkanes) is 2. The Morgan fingerprint density at radius 1 is 0.986 bits per heavy atom. The number of hydrogen-bond acceptors (Lipinski definition) is 11. The highest BCUT2D eigenvalue weighted by Crippen LogP contribution is 2.64. The summed E-state index contributed by atoms with van der Waals surface area (Å²) < 4.78 is 22.2. The van der Waals surface area contributed by atoms with E-state index < -0.39 is 11.8 Å². The summed E-state index contributed by atoms with van der Waals surface area (Å²) in [5.41, 5.74) is 14.1. The quantitative estimate of drug-likeness (QED) is 0.0871. The van der Waals surface area contributed by atoms with Crippen molar-refractivity contribution in [3.8, 4) is 5.75 Å². The Morgan fingerprint density at radius 2 is 1.68 bits per heavy atom. The zero-order valence-corrected chi connectivity index (χ0v) is 49.4. The topological polar surface area (TPSA) is 155 Å². The number of nitrogens with one attached hydrogen (secondary N) is 2. The van der Waals surface area contributed by atoms with Crippen molar-refractivity contribution in [3.05, 3.63) is 82.6 Å². The number of esters is 1. The van der Waals surface area contributed by atoms with E-state index in [9.17, 15) is 14.7 Å². The lowest BCUT2D eigenvalue weighted by molar-refractivity contribution is -0.194. The molecule has 9 atom stereocenters. The number of ether oxygens (including phenoxy) is 4. The number of fused-ring (bicyclic) bond motifs is 6. The summed E-state index contributed by atoms with van der Waals surface area (Å²) in [6, 6.07) is 12.9. The van der Waals surface area contributed by atoms with Gasteiger partial charge in [-0.15, -0.1) is 0 Å². The second-order valence-electron chi connectivity index (χ2n) is 19.9. The predicted molar refractivity (Wildman–Crippen MR) is 308 cm³/mol. The van der Waals surface area contributed by atoms with Crippen LogP contribution in [-0.4, -0.2) is 129 Å². The predicted octanol–water partition coefficient (Wildman–Crippen LogP) is 11.8. The molecule has 13 heteroatoms. The lowest BCUT2D eigenvalue weighted by Crippen LogP contribution is -2.81. The highest BCUT2D eigenvalue weighted by atomic mass is 16.5. The SMILES string of the molecule is CC.CC.CC.CC.CCC(C)(C)OC1C2C=CCN3CCC4(c5cc(C)c(OC)cc5N(C)C4(N)C1O)C23.CCC1=CC2CC(C(=O)OC)c3[nH]c4ccccc4c3CCN(C1)C2.CCCCCOC(=O)NC. The van der Waals surface area contributed by atoms with E-state index >= 15 is 0 Å². The van der Waals surface area contributed by atoms with Crippen molar-refractivity contribution < 1.29 is 33.6 Å². The zero-order chi connectivity index (χ0) is 55.6. The van der Waals surface area contributed by atoms with Gasteiger partial charge in [0.05, 0.1) is 43.9 Å². The van der Waals surface area contributed by atoms with Crippen molar-refractivity contribution in [3.63, 3.8) is 0 Å². The van der Waals surface area contributed by atoms with Gasteiger partial charge in [-0.3, -0.25) is 14.6 Å². The summed E-state index contributed by atoms with van der Waals surface area (Å²) in [4.78, 5) is 33.8. The van der Waals surface area contributed by atoms with Crippen molar-refractivity contribution >= 4 is 28.7 Å². The Balaban J connectivity index is 0.000000300. The van der Waals surface area contributed by atoms with E-state index in [1.165, 1.54) is 29.2 Å². The van der Waals surface area contributed by atoms with Crippen LogP contribution in [-0.2, 0) is 30.8 Å². The molecule has 6 aliphatic rings. The molecule has 418 valence electrons. The van der Waals surface area contributed by atoms with E-state index in [0.717, 1.165) is 112 Å². The summed E-state index contributed by atoms with van der Waals surface area (Å²) in [6.07, 6.45) is 13.3. The first kappa shape index (κ1) is 63.9. The summed E-state index contributed by atoms with van der Waals surface area (Å²) >= 11 is 0. The van der Waals surface area contributed by atoms with Crippen molar-refractivity contribution in [2.24, 2.45) is 17.6 Å². The summed E-state index contributed by atoms with van der Waals surface area (Å²) in [5.74, 6) is 1.01. The number of likely N-dealkylation sites (N-methyl/N-ethyl adjacent to an activating group) is 1. The highest BCUT2D eigenvalue weighted by Gasteiger charge is 2.75. The number of methoxy groups -OCH3 is 2. The summed E-state index contributed by atoms with van der Waals surface area (Å²) in [5, 5.41) is 15.6. The van der Waals surface area contributed by atoms with Gasteiger partial charge < -0.3 is 45.0 Å². The number of aromatic amines is 1. The molecule has 74 heavy (non-hydrogen) atoms. The number of rotatable bonds is 10. The Labute approximate surface area is 448 Å². The molecule has 3 aromatic rings. The maximum atomic E-state index is 12.6. The first-order chi connectivity index (χ1) is 35.6. The molecular weight excluding hydrogens is 929 g/mol. The Hall–Kier alpha value is -4.40. The highest BCUT2D eigenvalue weighted by molar-refractivity contribution is 5.88. The third kappa shape index (κ3) is 13.2. The summed E-state index contributed by atoms with van der Waals surface area (Å²) in [6.45, 7) is 34.3. The first-order valence-electron chi connectivity index (χ1n) is 28.5. The third-order valence-electron chi connectivity index (χ3n) is 15.8. The number of nitrogens with zero attached hydrogens (tertiary/aromatic N) is 3. The van der Waals surface area contributed by atoms with Gasteiger partial charge in [0.25, 0.3) is 0 Å². The van der Waals surface area contributed by atoms with Crippen LogP contribution in [0.1, 0.15) is 163 Å². The Morgan fingerprint density at radius 3 is 2.30 bits per heavy atom. The van der Waals surface area contributed by atoms with E-state index in [0.29, 0.717) is 12.5 Å². The average Bonchev–Trinajstić information content (AvgIpc) is 4.09. The average molecular weight is 1030 g/mol. The fourth-order valence-corrected chi connectivity index (χ4v) is 12.0. The smallest absolute Gasteiger partial charge is 0.406 e. The van der Waals surface area contributed by atoms with Gasteiger partial charge in [-0.25, -0.2) is 4.79 Å². The third-order valence-corrected chi connectivity index (χ3v) is 15.8. The monoisotopic (exact) mass is 1030 g/mol. The van der Waals surface area contributed by atoms with Gasteiger partial charge in [0.1, 0.15) is 17.5 Å². The Kier molecular flexibility index (Phi) is 25.7. The number of aliphatic hydroxyl groups excluding tert-OH is 1. The number of nitrogens with two attached hydrogens (primary N) is 1. The van der Waals surface area contributed by atoms with Gasteiger partial charge in [0.15, 0.2) is 0 Å². The van der Waals surface area contributed by atoms with Crippen LogP contribution in [0.2, 0.25) is 0 Å². The maximum absolute atomic E-state index is 12.6. The van der Waals surface area contributed by atoms with Gasteiger partial charge in [-0.1, -0.05) is 131 Å². The number of para-hydroxylation sites is 1. The molecule has 9 rings (SSSR count). The molecule has 1 spiro atoms. The molecule has 5 aliphatic heterocycles. The molecule has 9 unspecified atom stereocenters. The number of carbonyl (C=O) groups is 2. The van der Waals surface area contributed by atoms with Gasteiger partial charge in [0, 0.05) is 80.6 Å². The van der Waals surface area contributed by atoms with Crippen molar-refractivity contribution in [1.82, 2.24) is 20.1 Å². The van der Waals surface area contributed by atoms with Gasteiger partial charge in [-0.05, 0) is 101 Å². The number of alkyl carbamates (subject to hydrolysis) is 1. The van der Waals surface area contributed by atoms with Crippen LogP contribution in [0.3, 0.4) is 0 Å². The molecule has 1 saturated heterocycles. The normalized spacial score (nSPS) is 26.6. The number of H-pyrrole nitrogens is 1. The molecule has 6 heterocycles.